The molecule has 1 saturated carbocycles. The summed E-state index contributed by atoms with van der Waals surface area (Å²) >= 11 is 1.32. The summed E-state index contributed by atoms with van der Waals surface area (Å²) in [5, 5.41) is 3.05. The lowest BCUT2D eigenvalue weighted by atomic mass is 10.1. The van der Waals surface area contributed by atoms with E-state index in [0.29, 0.717) is 18.4 Å². The quantitative estimate of drug-likeness (QED) is 0.595. The Morgan fingerprint density at radius 2 is 1.83 bits per heavy atom. The Hall–Kier alpha value is -0.710. The molecule has 4 nitrogen and oxygen atoms in total. The minimum atomic E-state index is -0.246. The highest BCUT2D eigenvalue weighted by molar-refractivity contribution is 8.00. The van der Waals surface area contributed by atoms with Gasteiger partial charge in [0.25, 0.3) is 0 Å². The second-order valence-electron chi connectivity index (χ2n) is 4.55. The van der Waals surface area contributed by atoms with Crippen molar-refractivity contribution >= 4 is 23.6 Å². The first-order chi connectivity index (χ1) is 8.72. The fourth-order valence-corrected chi connectivity index (χ4v) is 2.74. The highest BCUT2D eigenvalue weighted by atomic mass is 32.2. The largest absolute Gasteiger partial charge is 0.465 e. The fourth-order valence-electron chi connectivity index (χ4n) is 2.12. The lowest BCUT2D eigenvalue weighted by molar-refractivity contribution is -0.139. The average Bonchev–Trinajstić information content (AvgIpc) is 2.58. The lowest BCUT2D eigenvalue weighted by Gasteiger charge is -2.15. The molecule has 1 N–H and O–H groups in total. The van der Waals surface area contributed by atoms with Crippen molar-refractivity contribution in [2.24, 2.45) is 0 Å². The molecule has 0 saturated heterocycles. The SMILES string of the molecule is CCOC(=O)CSCC(=O)NC1CCCCCC1. The van der Waals surface area contributed by atoms with E-state index in [1.807, 2.05) is 0 Å². The molecule has 18 heavy (non-hydrogen) atoms. The van der Waals surface area contributed by atoms with Crippen LogP contribution in [0.4, 0.5) is 0 Å². The minimum Gasteiger partial charge on any atom is -0.465 e. The topological polar surface area (TPSA) is 55.4 Å². The van der Waals surface area contributed by atoms with Gasteiger partial charge in [0.15, 0.2) is 0 Å². The molecule has 0 aliphatic heterocycles. The normalized spacial score (nSPS) is 16.9. The van der Waals surface area contributed by atoms with Crippen LogP contribution in [0.25, 0.3) is 0 Å². The molecule has 0 atom stereocenters. The zero-order chi connectivity index (χ0) is 13.2. The molecule has 104 valence electrons. The maximum atomic E-state index is 11.7. The van der Waals surface area contributed by atoms with Crippen molar-refractivity contribution in [1.29, 1.82) is 0 Å². The highest BCUT2D eigenvalue weighted by Gasteiger charge is 2.14. The number of nitrogens with one attached hydrogen (secondary N) is 1. The molecule has 1 rings (SSSR count). The third-order valence-electron chi connectivity index (χ3n) is 2.98. The van der Waals surface area contributed by atoms with Gasteiger partial charge in [-0.05, 0) is 19.8 Å². The Bertz CT molecular complexity index is 263. The first kappa shape index (κ1) is 15.3. The van der Waals surface area contributed by atoms with Crippen molar-refractivity contribution in [3.05, 3.63) is 0 Å². The number of hydrogen-bond donors (Lipinski definition) is 1. The van der Waals surface area contributed by atoms with Gasteiger partial charge in [-0.3, -0.25) is 9.59 Å². The van der Waals surface area contributed by atoms with E-state index in [9.17, 15) is 9.59 Å². The molecule has 0 radical (unpaired) electrons. The van der Waals surface area contributed by atoms with E-state index < -0.39 is 0 Å². The van der Waals surface area contributed by atoms with Gasteiger partial charge < -0.3 is 10.1 Å². The number of rotatable bonds is 6. The molecule has 1 fully saturated rings. The molecular weight excluding hydrogens is 250 g/mol. The van der Waals surface area contributed by atoms with E-state index in [1.54, 1.807) is 6.92 Å². The average molecular weight is 273 g/mol. The number of amides is 1. The number of thioether (sulfide) groups is 1. The van der Waals surface area contributed by atoms with E-state index in [2.05, 4.69) is 5.32 Å². The van der Waals surface area contributed by atoms with Crippen molar-refractivity contribution in [3.63, 3.8) is 0 Å². The minimum absolute atomic E-state index is 0.0381. The molecule has 0 aromatic rings. The Morgan fingerprint density at radius 3 is 2.44 bits per heavy atom. The van der Waals surface area contributed by atoms with Crippen molar-refractivity contribution in [1.82, 2.24) is 5.32 Å². The Labute approximate surface area is 113 Å². The molecular formula is C13H23NO3S. The van der Waals surface area contributed by atoms with Crippen LogP contribution in [-0.4, -0.2) is 36.0 Å². The van der Waals surface area contributed by atoms with Gasteiger partial charge in [0.1, 0.15) is 0 Å². The monoisotopic (exact) mass is 273 g/mol. The highest BCUT2D eigenvalue weighted by Crippen LogP contribution is 2.17. The van der Waals surface area contributed by atoms with Crippen molar-refractivity contribution in [2.45, 2.75) is 51.5 Å². The standard InChI is InChI=1S/C13H23NO3S/c1-2-17-13(16)10-18-9-12(15)14-11-7-5-3-4-6-8-11/h11H,2-10H2,1H3,(H,14,15). The summed E-state index contributed by atoms with van der Waals surface area (Å²) in [6.07, 6.45) is 7.17. The van der Waals surface area contributed by atoms with Crippen LogP contribution in [0.3, 0.4) is 0 Å². The van der Waals surface area contributed by atoms with Gasteiger partial charge in [-0.2, -0.15) is 0 Å². The van der Waals surface area contributed by atoms with Crippen LogP contribution >= 0.6 is 11.8 Å². The lowest BCUT2D eigenvalue weighted by Crippen LogP contribution is -2.35. The van der Waals surface area contributed by atoms with Gasteiger partial charge in [-0.1, -0.05) is 25.7 Å². The number of hydrogen-bond acceptors (Lipinski definition) is 4. The third kappa shape index (κ3) is 6.89. The number of carbonyl (C=O) groups excluding carboxylic acids is 2. The second kappa shape index (κ2) is 9.25. The molecule has 0 spiro atoms. The smallest absolute Gasteiger partial charge is 0.315 e. The van der Waals surface area contributed by atoms with Crippen LogP contribution in [0.5, 0.6) is 0 Å². The van der Waals surface area contributed by atoms with E-state index in [0.717, 1.165) is 12.8 Å². The van der Waals surface area contributed by atoms with Crippen LogP contribution in [0.1, 0.15) is 45.4 Å². The van der Waals surface area contributed by atoms with Gasteiger partial charge in [-0.25, -0.2) is 0 Å². The van der Waals surface area contributed by atoms with Gasteiger partial charge in [0.2, 0.25) is 5.91 Å². The summed E-state index contributed by atoms with van der Waals surface area (Å²) in [5.74, 6) is 0.391. The number of carbonyl (C=O) groups is 2. The summed E-state index contributed by atoms with van der Waals surface area (Å²) in [6.45, 7) is 2.18. The van der Waals surface area contributed by atoms with Gasteiger partial charge in [-0.15, -0.1) is 11.8 Å². The first-order valence-corrected chi connectivity index (χ1v) is 7.90. The summed E-state index contributed by atoms with van der Waals surface area (Å²) in [5.41, 5.74) is 0. The molecule has 5 heteroatoms. The van der Waals surface area contributed by atoms with Crippen molar-refractivity contribution in [2.75, 3.05) is 18.1 Å². The van der Waals surface area contributed by atoms with Crippen LogP contribution < -0.4 is 5.32 Å². The van der Waals surface area contributed by atoms with Crippen LogP contribution in [0, 0.1) is 0 Å². The molecule has 0 aromatic carbocycles. The van der Waals surface area contributed by atoms with Crippen LogP contribution in [-0.2, 0) is 14.3 Å². The number of esters is 1. The van der Waals surface area contributed by atoms with Gasteiger partial charge in [0, 0.05) is 6.04 Å². The fraction of sp³-hybridized carbons (Fsp3) is 0.846. The van der Waals surface area contributed by atoms with Gasteiger partial charge >= 0.3 is 5.97 Å². The van der Waals surface area contributed by atoms with Crippen molar-refractivity contribution < 1.29 is 14.3 Å². The second-order valence-corrected chi connectivity index (χ2v) is 5.54. The molecule has 1 aliphatic rings. The first-order valence-electron chi connectivity index (χ1n) is 6.75. The van der Waals surface area contributed by atoms with Crippen LogP contribution in [0.15, 0.2) is 0 Å². The molecule has 0 aromatic heterocycles. The molecule has 0 heterocycles. The van der Waals surface area contributed by atoms with Gasteiger partial charge in [0.05, 0.1) is 18.1 Å². The molecule has 0 bridgehead atoms. The summed E-state index contributed by atoms with van der Waals surface area (Å²) < 4.78 is 4.80. The Morgan fingerprint density at radius 1 is 1.17 bits per heavy atom. The van der Waals surface area contributed by atoms with Crippen molar-refractivity contribution in [3.8, 4) is 0 Å². The summed E-state index contributed by atoms with van der Waals surface area (Å²) in [4.78, 5) is 22.8. The molecule has 1 amide bonds. The predicted molar refractivity (Wildman–Crippen MR) is 73.6 cm³/mol. The zero-order valence-electron chi connectivity index (χ0n) is 11.1. The summed E-state index contributed by atoms with van der Waals surface area (Å²) in [7, 11) is 0. The maximum absolute atomic E-state index is 11.7. The maximum Gasteiger partial charge on any atom is 0.315 e. The molecule has 1 aliphatic carbocycles. The zero-order valence-corrected chi connectivity index (χ0v) is 11.9. The van der Waals surface area contributed by atoms with E-state index in [-0.39, 0.29) is 17.6 Å². The number of ether oxygens (including phenoxy) is 1. The third-order valence-corrected chi connectivity index (χ3v) is 3.88. The van der Waals surface area contributed by atoms with Crippen LogP contribution in [0.2, 0.25) is 0 Å². The van der Waals surface area contributed by atoms with E-state index in [1.165, 1.54) is 37.4 Å². The Kier molecular flexibility index (Phi) is 7.89. The van der Waals surface area contributed by atoms with E-state index >= 15 is 0 Å². The Balaban J connectivity index is 2.10. The van der Waals surface area contributed by atoms with E-state index in [4.69, 9.17) is 4.74 Å². The predicted octanol–water partition coefficient (Wildman–Crippen LogP) is 2.12. The summed E-state index contributed by atoms with van der Waals surface area (Å²) in [6, 6.07) is 0.336. The molecule has 0 unspecified atom stereocenters.